The summed E-state index contributed by atoms with van der Waals surface area (Å²) in [6, 6.07) is 23.2. The number of terminal acetylenes is 1. The molecule has 1 aromatic heterocycles. The second-order valence-electron chi connectivity index (χ2n) is 8.71. The maximum atomic E-state index is 13.9. The minimum Gasteiger partial charge on any atom is -0.497 e. The summed E-state index contributed by atoms with van der Waals surface area (Å²) in [6.07, 6.45) is 7.13. The lowest BCUT2D eigenvalue weighted by Gasteiger charge is -2.25. The standard InChI is InChI=1S/C31H25N3O4S/c1-4-18-38-25-13-9-8-10-22(25)19-26-30(36)34-28(21-14-16-24(37-3)17-15-21)27(20(2)32-31(34)39-26)29(35)33-23-11-6-5-7-12-23/h1,5-17,19,28H,18H2,2-3H3,(H,33,35)/b26-19+/t28-/m1/s1. The first kappa shape index (κ1) is 25.8. The van der Waals surface area contributed by atoms with Crippen LogP contribution in [-0.4, -0.2) is 24.2 Å². The smallest absolute Gasteiger partial charge is 0.271 e. The van der Waals surface area contributed by atoms with E-state index in [0.717, 1.165) is 11.1 Å². The van der Waals surface area contributed by atoms with E-state index in [1.54, 1.807) is 30.7 Å². The zero-order valence-corrected chi connectivity index (χ0v) is 22.2. The van der Waals surface area contributed by atoms with Crippen molar-refractivity contribution in [3.8, 4) is 23.8 Å². The first-order chi connectivity index (χ1) is 19.0. The molecular formula is C31H25N3O4S. The average molecular weight is 536 g/mol. The summed E-state index contributed by atoms with van der Waals surface area (Å²) in [5.41, 5.74) is 2.79. The number of methoxy groups -OCH3 is 1. The molecule has 3 aromatic carbocycles. The Kier molecular flexibility index (Phi) is 7.43. The molecule has 4 aromatic rings. The van der Waals surface area contributed by atoms with Crippen molar-refractivity contribution in [2.45, 2.75) is 13.0 Å². The number of nitrogens with one attached hydrogen (secondary N) is 1. The average Bonchev–Trinajstić information content (AvgIpc) is 3.26. The van der Waals surface area contributed by atoms with Gasteiger partial charge in [0.15, 0.2) is 4.80 Å². The van der Waals surface area contributed by atoms with Crippen LogP contribution < -0.4 is 29.7 Å². The maximum Gasteiger partial charge on any atom is 0.271 e. The van der Waals surface area contributed by atoms with E-state index < -0.39 is 6.04 Å². The lowest BCUT2D eigenvalue weighted by Crippen LogP contribution is -2.40. The van der Waals surface area contributed by atoms with Gasteiger partial charge in [-0.25, -0.2) is 4.99 Å². The summed E-state index contributed by atoms with van der Waals surface area (Å²) < 4.78 is 13.0. The van der Waals surface area contributed by atoms with Gasteiger partial charge in [-0.2, -0.15) is 0 Å². The molecule has 1 atom stereocenters. The number of carbonyl (C=O) groups is 1. The summed E-state index contributed by atoms with van der Waals surface area (Å²) in [6.45, 7) is 1.90. The van der Waals surface area contributed by atoms with Crippen LogP contribution in [-0.2, 0) is 4.79 Å². The highest BCUT2D eigenvalue weighted by Crippen LogP contribution is 2.31. The number of fused-ring (bicyclic) bond motifs is 1. The fourth-order valence-corrected chi connectivity index (χ4v) is 5.46. The molecule has 194 valence electrons. The number of hydrogen-bond acceptors (Lipinski definition) is 6. The molecule has 0 saturated carbocycles. The predicted octanol–water partition coefficient (Wildman–Crippen LogP) is 3.89. The largest absolute Gasteiger partial charge is 0.497 e. The lowest BCUT2D eigenvalue weighted by molar-refractivity contribution is -0.113. The second-order valence-corrected chi connectivity index (χ2v) is 9.71. The monoisotopic (exact) mass is 535 g/mol. The van der Waals surface area contributed by atoms with Crippen LogP contribution in [0.1, 0.15) is 24.1 Å². The third kappa shape index (κ3) is 5.26. The van der Waals surface area contributed by atoms with E-state index in [4.69, 9.17) is 20.9 Å². The number of hydrogen-bond donors (Lipinski definition) is 1. The Balaban J connectivity index is 1.66. The van der Waals surface area contributed by atoms with Crippen molar-refractivity contribution in [3.05, 3.63) is 121 Å². The minimum atomic E-state index is -0.689. The normalized spacial score (nSPS) is 14.7. The van der Waals surface area contributed by atoms with Crippen LogP contribution in [0.5, 0.6) is 11.5 Å². The summed E-state index contributed by atoms with van der Waals surface area (Å²) in [5, 5.41) is 2.95. The quantitative estimate of drug-likeness (QED) is 0.364. The predicted molar refractivity (Wildman–Crippen MR) is 153 cm³/mol. The number of amides is 1. The molecule has 0 fully saturated rings. The van der Waals surface area contributed by atoms with Crippen molar-refractivity contribution >= 4 is 29.0 Å². The van der Waals surface area contributed by atoms with Crippen LogP contribution in [0.25, 0.3) is 6.08 Å². The molecule has 7 nitrogen and oxygen atoms in total. The molecule has 1 aliphatic heterocycles. The number of nitrogens with zero attached hydrogens (tertiary/aromatic N) is 2. The number of carbonyl (C=O) groups excluding carboxylic acids is 1. The van der Waals surface area contributed by atoms with E-state index in [0.29, 0.717) is 37.8 Å². The molecule has 1 aliphatic rings. The molecule has 0 bridgehead atoms. The lowest BCUT2D eigenvalue weighted by atomic mass is 9.95. The molecule has 0 saturated heterocycles. The molecule has 39 heavy (non-hydrogen) atoms. The van der Waals surface area contributed by atoms with Gasteiger partial charge < -0.3 is 14.8 Å². The fraction of sp³-hybridized carbons (Fsp3) is 0.129. The summed E-state index contributed by atoms with van der Waals surface area (Å²) in [4.78, 5) is 32.8. The number of para-hydroxylation sites is 2. The molecule has 0 radical (unpaired) electrons. The summed E-state index contributed by atoms with van der Waals surface area (Å²) in [5.74, 6) is 3.38. The van der Waals surface area contributed by atoms with E-state index in [1.807, 2.05) is 72.8 Å². The van der Waals surface area contributed by atoms with Gasteiger partial charge in [-0.3, -0.25) is 14.2 Å². The summed E-state index contributed by atoms with van der Waals surface area (Å²) >= 11 is 1.26. The molecule has 5 rings (SSSR count). The van der Waals surface area contributed by atoms with Gasteiger partial charge in [0, 0.05) is 11.3 Å². The van der Waals surface area contributed by atoms with Crippen molar-refractivity contribution in [3.63, 3.8) is 0 Å². The van der Waals surface area contributed by atoms with Gasteiger partial charge in [-0.1, -0.05) is 65.8 Å². The Bertz CT molecular complexity index is 1780. The van der Waals surface area contributed by atoms with E-state index in [9.17, 15) is 9.59 Å². The first-order valence-electron chi connectivity index (χ1n) is 12.2. The third-order valence-corrected chi connectivity index (χ3v) is 7.23. The van der Waals surface area contributed by atoms with Crippen LogP contribution >= 0.6 is 11.3 Å². The van der Waals surface area contributed by atoms with Gasteiger partial charge >= 0.3 is 0 Å². The molecule has 0 spiro atoms. The Morgan fingerprint density at radius 3 is 2.54 bits per heavy atom. The van der Waals surface area contributed by atoms with Crippen LogP contribution in [0.2, 0.25) is 0 Å². The highest BCUT2D eigenvalue weighted by Gasteiger charge is 2.32. The van der Waals surface area contributed by atoms with Crippen molar-refractivity contribution in [1.82, 2.24) is 4.57 Å². The number of allylic oxidation sites excluding steroid dienone is 1. The first-order valence-corrected chi connectivity index (χ1v) is 13.0. The molecule has 1 amide bonds. The Labute approximate surface area is 229 Å². The Morgan fingerprint density at radius 2 is 1.82 bits per heavy atom. The Hall–Kier alpha value is -4.87. The highest BCUT2D eigenvalue weighted by atomic mass is 32.1. The van der Waals surface area contributed by atoms with Gasteiger partial charge in [0.2, 0.25) is 0 Å². The van der Waals surface area contributed by atoms with E-state index in [-0.39, 0.29) is 18.1 Å². The second kappa shape index (κ2) is 11.3. The molecular weight excluding hydrogens is 510 g/mol. The van der Waals surface area contributed by atoms with Crippen molar-refractivity contribution in [2.75, 3.05) is 19.0 Å². The fourth-order valence-electron chi connectivity index (χ4n) is 4.43. The molecule has 2 heterocycles. The highest BCUT2D eigenvalue weighted by molar-refractivity contribution is 7.07. The number of aromatic nitrogens is 1. The number of ether oxygens (including phenoxy) is 2. The number of anilines is 1. The SMILES string of the molecule is C#CCOc1ccccc1/C=c1/sc2n(c1=O)[C@H](c1ccc(OC)cc1)C(C(=O)Nc1ccccc1)=C(C)N=2. The van der Waals surface area contributed by atoms with Gasteiger partial charge in [0.25, 0.3) is 11.5 Å². The number of rotatable bonds is 7. The van der Waals surface area contributed by atoms with Gasteiger partial charge in [-0.15, -0.1) is 6.42 Å². The van der Waals surface area contributed by atoms with E-state index in [1.165, 1.54) is 11.3 Å². The third-order valence-electron chi connectivity index (χ3n) is 6.25. The molecule has 0 aliphatic carbocycles. The topological polar surface area (TPSA) is 81.9 Å². The van der Waals surface area contributed by atoms with Gasteiger partial charge in [-0.05, 0) is 48.9 Å². The van der Waals surface area contributed by atoms with Crippen LogP contribution in [0.15, 0.2) is 99.9 Å². The summed E-state index contributed by atoms with van der Waals surface area (Å²) in [7, 11) is 1.59. The van der Waals surface area contributed by atoms with Gasteiger partial charge in [0.1, 0.15) is 18.1 Å². The van der Waals surface area contributed by atoms with Crippen molar-refractivity contribution < 1.29 is 14.3 Å². The zero-order chi connectivity index (χ0) is 27.4. The van der Waals surface area contributed by atoms with Crippen LogP contribution in [0.4, 0.5) is 5.69 Å². The molecule has 8 heteroatoms. The van der Waals surface area contributed by atoms with E-state index >= 15 is 0 Å². The van der Waals surface area contributed by atoms with Gasteiger partial charge in [0.05, 0.1) is 29.0 Å². The zero-order valence-electron chi connectivity index (χ0n) is 21.4. The van der Waals surface area contributed by atoms with Crippen molar-refractivity contribution in [1.29, 1.82) is 0 Å². The maximum absolute atomic E-state index is 13.9. The molecule has 1 N–H and O–H groups in total. The van der Waals surface area contributed by atoms with Crippen LogP contribution in [0, 0.1) is 12.3 Å². The molecule has 0 unspecified atom stereocenters. The minimum absolute atomic E-state index is 0.114. The Morgan fingerprint density at radius 1 is 1.10 bits per heavy atom. The number of benzene rings is 3. The van der Waals surface area contributed by atoms with Crippen molar-refractivity contribution in [2.24, 2.45) is 4.99 Å². The number of thiazole rings is 1. The van der Waals surface area contributed by atoms with Crippen LogP contribution in [0.3, 0.4) is 0 Å². The van der Waals surface area contributed by atoms with E-state index in [2.05, 4.69) is 11.2 Å².